The SMILES string of the molecule is [O-]N1ON=c2ccc(Br)c(Cl)c2=I1. The van der Waals surface area contributed by atoms with Crippen LogP contribution in [0, 0.1) is 8.36 Å². The van der Waals surface area contributed by atoms with E-state index in [0.29, 0.717) is 13.8 Å². The molecule has 1 aromatic rings. The van der Waals surface area contributed by atoms with Crippen LogP contribution in [0.2, 0.25) is 5.02 Å². The zero-order valence-electron chi connectivity index (χ0n) is 6.00. The minimum atomic E-state index is -0.906. The van der Waals surface area contributed by atoms with Crippen molar-refractivity contribution in [3.8, 4) is 0 Å². The van der Waals surface area contributed by atoms with Gasteiger partial charge in [0.25, 0.3) is 0 Å². The fraction of sp³-hybridized carbons (Fsp3) is 0. The fourth-order valence-electron chi connectivity index (χ4n) is 0.827. The van der Waals surface area contributed by atoms with Crippen LogP contribution >= 0.6 is 48.5 Å². The minimum Gasteiger partial charge on any atom is -0.742 e. The number of hydrogen-bond acceptors (Lipinski definition) is 4. The summed E-state index contributed by atoms with van der Waals surface area (Å²) in [6.45, 7) is 0. The predicted octanol–water partition coefficient (Wildman–Crippen LogP) is 2.52. The predicted molar refractivity (Wildman–Crippen MR) is 59.5 cm³/mol. The van der Waals surface area contributed by atoms with Crippen molar-refractivity contribution >= 4 is 48.5 Å². The van der Waals surface area contributed by atoms with Gasteiger partial charge in [0.15, 0.2) is 0 Å². The molecular formula is C6H2BrClIN2O2-. The average molecular weight is 376 g/mol. The summed E-state index contributed by atoms with van der Waals surface area (Å²) in [7, 11) is 0. The molecule has 7 heteroatoms. The van der Waals surface area contributed by atoms with Gasteiger partial charge >= 0.3 is 0 Å². The molecule has 0 unspecified atom stereocenters. The Balaban J connectivity index is 2.82. The van der Waals surface area contributed by atoms with Crippen LogP contribution in [0.5, 0.6) is 0 Å². The van der Waals surface area contributed by atoms with Gasteiger partial charge in [-0.05, 0) is 28.1 Å². The van der Waals surface area contributed by atoms with E-state index in [2.05, 4.69) is 26.0 Å². The second-order valence-corrected chi connectivity index (χ2v) is 5.75. The highest BCUT2D eigenvalue weighted by Crippen LogP contribution is 2.26. The summed E-state index contributed by atoms with van der Waals surface area (Å²) in [6.07, 6.45) is 0. The topological polar surface area (TPSA) is 47.9 Å². The molecule has 0 saturated carbocycles. The van der Waals surface area contributed by atoms with E-state index in [9.17, 15) is 5.21 Å². The van der Waals surface area contributed by atoms with Crippen LogP contribution in [-0.4, -0.2) is 3.44 Å². The standard InChI is InChI=1S/C6H2BrClIN2O2/c7-3-1-2-4-6(5(3)8)9-11(12)13-10-4/h1-2H/q-1. The first-order chi connectivity index (χ1) is 6.18. The third-order valence-corrected chi connectivity index (χ3v) is 5.12. The van der Waals surface area contributed by atoms with Crippen molar-refractivity contribution in [2.75, 3.05) is 0 Å². The van der Waals surface area contributed by atoms with Gasteiger partial charge in [-0.15, -0.1) is 3.44 Å². The molecular weight excluding hydrogens is 374 g/mol. The molecule has 0 bridgehead atoms. The Hall–Kier alpha value is 0.240. The number of hydrogen-bond donors (Lipinski definition) is 0. The van der Waals surface area contributed by atoms with Crippen LogP contribution in [0.4, 0.5) is 0 Å². The first-order valence-electron chi connectivity index (χ1n) is 3.17. The number of rotatable bonds is 0. The largest absolute Gasteiger partial charge is 0.742 e. The molecule has 0 radical (unpaired) electrons. The maximum atomic E-state index is 10.9. The molecule has 13 heavy (non-hydrogen) atoms. The first kappa shape index (κ1) is 9.78. The summed E-state index contributed by atoms with van der Waals surface area (Å²) in [4.78, 5) is 4.48. The van der Waals surface area contributed by atoms with Gasteiger partial charge in [0.2, 0.25) is 0 Å². The molecule has 0 aromatic heterocycles. The lowest BCUT2D eigenvalue weighted by Gasteiger charge is -2.19. The molecule has 1 aliphatic rings. The lowest BCUT2D eigenvalue weighted by molar-refractivity contribution is -0.0248. The molecule has 1 aliphatic heterocycles. The van der Waals surface area contributed by atoms with Crippen molar-refractivity contribution in [2.24, 2.45) is 5.16 Å². The molecule has 0 N–H and O–H groups in total. The molecule has 0 saturated heterocycles. The molecule has 2 rings (SSSR count). The van der Waals surface area contributed by atoms with Crippen LogP contribution in [0.15, 0.2) is 21.8 Å². The van der Waals surface area contributed by atoms with Crippen molar-refractivity contribution in [1.29, 1.82) is 0 Å². The van der Waals surface area contributed by atoms with E-state index in [0.717, 1.165) is 7.63 Å². The maximum absolute atomic E-state index is 10.9. The summed E-state index contributed by atoms with van der Waals surface area (Å²) < 4.78 is 2.05. The summed E-state index contributed by atoms with van der Waals surface area (Å²) in [6, 6.07) is 3.54. The number of halogens is 3. The van der Waals surface area contributed by atoms with Gasteiger partial charge in [0.05, 0.1) is 8.18 Å². The van der Waals surface area contributed by atoms with Crippen LogP contribution in [0.1, 0.15) is 0 Å². The van der Waals surface area contributed by atoms with E-state index in [1.165, 1.54) is 0 Å². The third kappa shape index (κ3) is 1.86. The molecule has 4 nitrogen and oxygen atoms in total. The van der Waals surface area contributed by atoms with Gasteiger partial charge in [0.1, 0.15) is 5.36 Å². The van der Waals surface area contributed by atoms with Gasteiger partial charge in [-0.2, -0.15) is 0 Å². The Bertz CT molecular complexity index is 466. The van der Waals surface area contributed by atoms with Gasteiger partial charge < -0.3 is 5.21 Å². The fourth-order valence-corrected chi connectivity index (χ4v) is 3.50. The van der Waals surface area contributed by atoms with Crippen molar-refractivity contribution < 1.29 is 4.94 Å². The summed E-state index contributed by atoms with van der Waals surface area (Å²) in [5, 5.41) is 15.7. The zero-order chi connectivity index (χ0) is 9.42. The van der Waals surface area contributed by atoms with Crippen LogP contribution in [0.25, 0.3) is 0 Å². The third-order valence-electron chi connectivity index (χ3n) is 1.37. The van der Waals surface area contributed by atoms with E-state index in [4.69, 9.17) is 11.6 Å². The van der Waals surface area contributed by atoms with E-state index in [1.807, 2.05) is 0 Å². The van der Waals surface area contributed by atoms with Crippen LogP contribution in [-0.2, 0) is 4.94 Å². The highest BCUT2D eigenvalue weighted by molar-refractivity contribution is 14.1. The molecule has 70 valence electrons. The summed E-state index contributed by atoms with van der Waals surface area (Å²) in [5.41, 5.74) is 0. The molecule has 0 aliphatic carbocycles. The first-order valence-corrected chi connectivity index (χ1v) is 6.38. The Morgan fingerprint density at radius 3 is 3.15 bits per heavy atom. The smallest absolute Gasteiger partial charge is 0.120 e. The summed E-state index contributed by atoms with van der Waals surface area (Å²) in [5.74, 6) is 0. The second-order valence-electron chi connectivity index (χ2n) is 2.16. The van der Waals surface area contributed by atoms with Crippen molar-refractivity contribution in [3.05, 3.63) is 35.3 Å². The minimum absolute atomic E-state index is 0.486. The molecule has 1 aromatic carbocycles. The Labute approximate surface area is 96.9 Å². The van der Waals surface area contributed by atoms with Gasteiger partial charge in [-0.25, -0.2) is 0 Å². The highest BCUT2D eigenvalue weighted by Gasteiger charge is 2.05. The quantitative estimate of drug-likeness (QED) is 0.516. The van der Waals surface area contributed by atoms with E-state index in [-0.39, 0.29) is 0 Å². The molecule has 1 heterocycles. The number of benzene rings is 1. The lowest BCUT2D eigenvalue weighted by Crippen LogP contribution is -2.13. The molecule has 0 spiro atoms. The Morgan fingerprint density at radius 1 is 1.62 bits per heavy atom. The Morgan fingerprint density at radius 2 is 2.38 bits per heavy atom. The second kappa shape index (κ2) is 3.77. The Kier molecular flexibility index (Phi) is 2.84. The maximum Gasteiger partial charge on any atom is 0.120 e. The van der Waals surface area contributed by atoms with E-state index >= 15 is 0 Å². The monoisotopic (exact) mass is 375 g/mol. The normalized spacial score (nSPS) is 15.9. The van der Waals surface area contributed by atoms with Crippen molar-refractivity contribution in [1.82, 2.24) is 3.44 Å². The van der Waals surface area contributed by atoms with E-state index in [1.54, 1.807) is 12.1 Å². The highest BCUT2D eigenvalue weighted by atomic mass is 127. The number of nitrogens with zero attached hydrogens (tertiary/aromatic N) is 2. The van der Waals surface area contributed by atoms with Crippen molar-refractivity contribution in [3.63, 3.8) is 0 Å². The molecule has 0 fully saturated rings. The van der Waals surface area contributed by atoms with Gasteiger partial charge in [0, 0.05) is 25.5 Å². The lowest BCUT2D eigenvalue weighted by atomic mass is 10.3. The molecule has 0 atom stereocenters. The number of fused-ring (bicyclic) bond motifs is 1. The van der Waals surface area contributed by atoms with Crippen LogP contribution in [0.3, 0.4) is 0 Å². The average Bonchev–Trinajstić information content (AvgIpc) is 2.12. The van der Waals surface area contributed by atoms with Gasteiger partial charge in [-0.1, -0.05) is 16.8 Å². The van der Waals surface area contributed by atoms with E-state index < -0.39 is 21.0 Å². The zero-order valence-corrected chi connectivity index (χ0v) is 10.5. The molecule has 0 amide bonds. The summed E-state index contributed by atoms with van der Waals surface area (Å²) >= 11 is 8.35. The van der Waals surface area contributed by atoms with Crippen molar-refractivity contribution in [2.45, 2.75) is 0 Å². The van der Waals surface area contributed by atoms with Gasteiger partial charge in [-0.3, -0.25) is 4.94 Å². The van der Waals surface area contributed by atoms with Crippen LogP contribution < -0.4 is 5.36 Å².